The van der Waals surface area contributed by atoms with E-state index in [4.69, 9.17) is 16.3 Å². The summed E-state index contributed by atoms with van der Waals surface area (Å²) < 4.78 is 60.9. The van der Waals surface area contributed by atoms with E-state index in [1.165, 1.54) is 24.4 Å². The highest BCUT2D eigenvalue weighted by molar-refractivity contribution is 6.31. The van der Waals surface area contributed by atoms with Gasteiger partial charge in [0.25, 0.3) is 5.91 Å². The second kappa shape index (κ2) is 8.46. The summed E-state index contributed by atoms with van der Waals surface area (Å²) in [5, 5.41) is 13.3. The topological polar surface area (TPSA) is 74.5 Å². The van der Waals surface area contributed by atoms with Gasteiger partial charge in [0.05, 0.1) is 5.02 Å². The second-order valence-electron chi connectivity index (χ2n) is 5.76. The zero-order valence-electron chi connectivity index (χ0n) is 14.7. The quantitative estimate of drug-likeness (QED) is 0.341. The molecule has 11 heteroatoms. The first-order chi connectivity index (χ1) is 14.1. The molecule has 1 amide bonds. The van der Waals surface area contributed by atoms with E-state index in [0.29, 0.717) is 4.73 Å². The first-order valence-electron chi connectivity index (χ1n) is 8.14. The Balaban J connectivity index is 1.87. The number of anilines is 1. The van der Waals surface area contributed by atoms with Gasteiger partial charge in [0, 0.05) is 6.07 Å². The van der Waals surface area contributed by atoms with Crippen molar-refractivity contribution in [3.05, 3.63) is 82.5 Å². The molecule has 0 saturated heterocycles. The second-order valence-corrected chi connectivity index (χ2v) is 6.17. The van der Waals surface area contributed by atoms with Crippen LogP contribution in [0.1, 0.15) is 10.4 Å². The lowest BCUT2D eigenvalue weighted by Gasteiger charge is -2.14. The van der Waals surface area contributed by atoms with Crippen LogP contribution in [0.25, 0.3) is 0 Å². The Labute approximate surface area is 171 Å². The Morgan fingerprint density at radius 2 is 1.73 bits per heavy atom. The third-order valence-electron chi connectivity index (χ3n) is 3.60. The van der Waals surface area contributed by atoms with E-state index in [1.54, 1.807) is 0 Å². The lowest BCUT2D eigenvalue weighted by atomic mass is 10.1. The van der Waals surface area contributed by atoms with Crippen molar-refractivity contribution in [2.45, 2.75) is 6.36 Å². The molecule has 3 aromatic rings. The van der Waals surface area contributed by atoms with Gasteiger partial charge in [-0.15, -0.1) is 13.2 Å². The van der Waals surface area contributed by atoms with Crippen LogP contribution in [-0.2, 0) is 0 Å². The lowest BCUT2D eigenvalue weighted by Crippen LogP contribution is -2.25. The molecule has 0 aliphatic heterocycles. The van der Waals surface area contributed by atoms with Crippen molar-refractivity contribution in [1.29, 1.82) is 0 Å². The minimum absolute atomic E-state index is 0.0115. The number of carbonyl (C=O) groups excluding carboxylic acids is 1. The van der Waals surface area contributed by atoms with Crippen LogP contribution in [0.2, 0.25) is 5.02 Å². The highest BCUT2D eigenvalue weighted by atomic mass is 35.5. The molecule has 1 heterocycles. The van der Waals surface area contributed by atoms with Gasteiger partial charge < -0.3 is 20.0 Å². The number of nitrogens with zero attached hydrogens (tertiary/aromatic N) is 1. The molecular weight excluding hydrogens is 432 g/mol. The Bertz CT molecular complexity index is 1080. The molecule has 0 aliphatic carbocycles. The minimum atomic E-state index is -4.85. The number of benzene rings is 2. The molecule has 0 unspecified atom stereocenters. The summed E-state index contributed by atoms with van der Waals surface area (Å²) in [5.74, 6) is -2.74. The molecule has 0 saturated carbocycles. The molecule has 0 fully saturated rings. The molecule has 1 N–H and O–H groups in total. The van der Waals surface area contributed by atoms with E-state index in [-0.39, 0.29) is 22.2 Å². The summed E-state index contributed by atoms with van der Waals surface area (Å²) in [6.45, 7) is 0. The van der Waals surface area contributed by atoms with E-state index in [0.717, 1.165) is 36.5 Å². The fraction of sp³-hybridized carbons (Fsp3) is 0.0526. The number of amides is 1. The van der Waals surface area contributed by atoms with Crippen molar-refractivity contribution in [3.63, 3.8) is 0 Å². The van der Waals surface area contributed by atoms with E-state index >= 15 is 0 Å². The maximum Gasteiger partial charge on any atom is 0.573 e. The summed E-state index contributed by atoms with van der Waals surface area (Å²) in [6, 6.07) is 9.43. The van der Waals surface area contributed by atoms with E-state index in [9.17, 15) is 27.6 Å². The first kappa shape index (κ1) is 21.2. The number of aromatic nitrogens is 1. The van der Waals surface area contributed by atoms with Gasteiger partial charge in [-0.25, -0.2) is 4.39 Å². The van der Waals surface area contributed by atoms with Crippen LogP contribution in [0.3, 0.4) is 0 Å². The number of hydrogen-bond donors (Lipinski definition) is 1. The van der Waals surface area contributed by atoms with Gasteiger partial charge in [0.1, 0.15) is 28.5 Å². The number of rotatable bonds is 5. The van der Waals surface area contributed by atoms with Crippen molar-refractivity contribution >= 4 is 23.2 Å². The van der Waals surface area contributed by atoms with Gasteiger partial charge in [0.15, 0.2) is 12.0 Å². The third-order valence-corrected chi connectivity index (χ3v) is 3.89. The summed E-state index contributed by atoms with van der Waals surface area (Å²) >= 11 is 5.76. The molecule has 30 heavy (non-hydrogen) atoms. The monoisotopic (exact) mass is 442 g/mol. The van der Waals surface area contributed by atoms with Crippen molar-refractivity contribution < 1.29 is 36.6 Å². The van der Waals surface area contributed by atoms with Crippen molar-refractivity contribution in [2.75, 3.05) is 5.32 Å². The van der Waals surface area contributed by atoms with Gasteiger partial charge in [0.2, 0.25) is 6.20 Å². The van der Waals surface area contributed by atoms with Crippen molar-refractivity contribution in [2.24, 2.45) is 0 Å². The van der Waals surface area contributed by atoms with Crippen LogP contribution in [0.15, 0.2) is 60.9 Å². The molecule has 156 valence electrons. The maximum absolute atomic E-state index is 14.6. The molecular formula is C19H11ClF4N2O4. The zero-order chi connectivity index (χ0) is 21.9. The van der Waals surface area contributed by atoms with Crippen molar-refractivity contribution in [3.8, 4) is 17.2 Å². The number of carbonyl (C=O) groups is 1. The van der Waals surface area contributed by atoms with Crippen LogP contribution in [0, 0.1) is 11.0 Å². The number of pyridine rings is 1. The smallest absolute Gasteiger partial charge is 0.573 e. The van der Waals surface area contributed by atoms with E-state index in [2.05, 4.69) is 10.1 Å². The lowest BCUT2D eigenvalue weighted by molar-refractivity contribution is -0.604. The van der Waals surface area contributed by atoms with Crippen LogP contribution in [0.4, 0.5) is 23.2 Å². The molecule has 0 spiro atoms. The summed E-state index contributed by atoms with van der Waals surface area (Å²) in [5.41, 5.74) is -0.462. The van der Waals surface area contributed by atoms with Crippen LogP contribution in [0.5, 0.6) is 17.2 Å². The molecule has 1 aromatic heterocycles. The van der Waals surface area contributed by atoms with E-state index in [1.807, 2.05) is 0 Å². The Morgan fingerprint density at radius 3 is 2.37 bits per heavy atom. The standard InChI is InChI=1S/C19H11ClF4N2O4/c20-14-7-8-15(29-12-3-5-13(6-4-12)30-19(22,23)24)16(17(14)21)18(27)25-11-2-1-9-26(28)10-11/h1-10H,(H,25,27). The fourth-order valence-corrected chi connectivity index (χ4v) is 2.55. The minimum Gasteiger partial charge on any atom is -0.619 e. The normalized spacial score (nSPS) is 11.1. The maximum atomic E-state index is 14.6. The molecule has 0 atom stereocenters. The van der Waals surface area contributed by atoms with Gasteiger partial charge in [-0.05, 0) is 42.5 Å². The van der Waals surface area contributed by atoms with Gasteiger partial charge in [-0.3, -0.25) is 4.79 Å². The predicted molar refractivity (Wildman–Crippen MR) is 98.0 cm³/mol. The Kier molecular flexibility index (Phi) is 5.97. The zero-order valence-corrected chi connectivity index (χ0v) is 15.5. The molecule has 6 nitrogen and oxygen atoms in total. The predicted octanol–water partition coefficient (Wildman–Crippen LogP) is 5.06. The molecule has 0 aliphatic rings. The van der Waals surface area contributed by atoms with Gasteiger partial charge in [-0.2, -0.15) is 4.73 Å². The average Bonchev–Trinajstić information content (AvgIpc) is 2.65. The number of ether oxygens (including phenoxy) is 2. The van der Waals surface area contributed by atoms with Crippen LogP contribution in [-0.4, -0.2) is 12.3 Å². The first-order valence-corrected chi connectivity index (χ1v) is 8.52. The summed E-state index contributed by atoms with van der Waals surface area (Å²) in [7, 11) is 0. The fourth-order valence-electron chi connectivity index (χ4n) is 2.39. The van der Waals surface area contributed by atoms with E-state index < -0.39 is 29.4 Å². The van der Waals surface area contributed by atoms with Gasteiger partial charge >= 0.3 is 6.36 Å². The SMILES string of the molecule is O=C(Nc1ccc[n+]([O-])c1)c1c(Oc2ccc(OC(F)(F)F)cc2)ccc(Cl)c1F. The van der Waals surface area contributed by atoms with Crippen LogP contribution < -0.4 is 19.5 Å². The van der Waals surface area contributed by atoms with Crippen molar-refractivity contribution in [1.82, 2.24) is 0 Å². The number of halogens is 5. The molecule has 2 aromatic carbocycles. The Hall–Kier alpha value is -3.53. The summed E-state index contributed by atoms with van der Waals surface area (Å²) in [4.78, 5) is 12.6. The third kappa shape index (κ3) is 5.29. The highest BCUT2D eigenvalue weighted by Gasteiger charge is 2.31. The van der Waals surface area contributed by atoms with Gasteiger partial charge in [-0.1, -0.05) is 11.6 Å². The number of nitrogens with one attached hydrogen (secondary N) is 1. The Morgan fingerprint density at radius 1 is 1.07 bits per heavy atom. The molecule has 0 bridgehead atoms. The molecule has 3 rings (SSSR count). The van der Waals surface area contributed by atoms with Crippen LogP contribution >= 0.6 is 11.6 Å². The highest BCUT2D eigenvalue weighted by Crippen LogP contribution is 2.33. The number of hydrogen-bond acceptors (Lipinski definition) is 4. The summed E-state index contributed by atoms with van der Waals surface area (Å²) in [6.07, 6.45) is -2.61. The average molecular weight is 443 g/mol. The number of alkyl halides is 3. The molecule has 0 radical (unpaired) electrons. The largest absolute Gasteiger partial charge is 0.619 e.